The van der Waals surface area contributed by atoms with E-state index in [-0.39, 0.29) is 10.5 Å². The summed E-state index contributed by atoms with van der Waals surface area (Å²) in [5, 5.41) is 3.83. The molecule has 0 fully saturated rings. The van der Waals surface area contributed by atoms with Gasteiger partial charge in [0, 0.05) is 5.56 Å². The maximum Gasteiger partial charge on any atom is 0.199 e. The number of anilines is 1. The van der Waals surface area contributed by atoms with E-state index < -0.39 is 0 Å². The molecule has 0 saturated carbocycles. The van der Waals surface area contributed by atoms with E-state index >= 15 is 0 Å². The first kappa shape index (κ1) is 17.4. The van der Waals surface area contributed by atoms with Crippen molar-refractivity contribution in [3.8, 4) is 0 Å². The Kier molecular flexibility index (Phi) is 5.39. The number of halogens is 1. The Balaban J connectivity index is 2.13. The van der Waals surface area contributed by atoms with Crippen molar-refractivity contribution < 1.29 is 0 Å². The minimum Gasteiger partial charge on any atom is -0.383 e. The third kappa shape index (κ3) is 4.78. The first-order valence-electron chi connectivity index (χ1n) is 7.28. The molecule has 5 heteroatoms. The van der Waals surface area contributed by atoms with Crippen molar-refractivity contribution in [2.24, 2.45) is 10.7 Å². The topological polar surface area (TPSA) is 50.4 Å². The molecule has 2 aromatic carbocycles. The lowest BCUT2D eigenvalue weighted by Gasteiger charge is -2.19. The predicted molar refractivity (Wildman–Crippen MR) is 104 cm³/mol. The van der Waals surface area contributed by atoms with Gasteiger partial charge < -0.3 is 11.1 Å². The molecule has 3 nitrogen and oxygen atoms in total. The van der Waals surface area contributed by atoms with Gasteiger partial charge in [-0.25, -0.2) is 4.99 Å². The zero-order valence-electron chi connectivity index (χ0n) is 13.4. The van der Waals surface area contributed by atoms with Crippen LogP contribution >= 0.6 is 23.8 Å². The van der Waals surface area contributed by atoms with Crippen molar-refractivity contribution in [3.05, 3.63) is 64.7 Å². The van der Waals surface area contributed by atoms with Crippen LogP contribution in [0.3, 0.4) is 0 Å². The summed E-state index contributed by atoms with van der Waals surface area (Å²) in [6.07, 6.45) is 0. The van der Waals surface area contributed by atoms with Gasteiger partial charge in [-0.15, -0.1) is 0 Å². The number of thiocarbonyl (C=S) groups is 1. The number of hydrogen-bond acceptors (Lipinski definition) is 1. The molecule has 23 heavy (non-hydrogen) atoms. The first-order valence-corrected chi connectivity index (χ1v) is 8.06. The average molecular weight is 346 g/mol. The fourth-order valence-corrected chi connectivity index (χ4v) is 2.41. The molecular weight excluding hydrogens is 326 g/mol. The Bertz CT molecular complexity index is 731. The second-order valence-corrected chi connectivity index (χ2v) is 7.03. The van der Waals surface area contributed by atoms with Crippen molar-refractivity contribution in [2.75, 3.05) is 5.32 Å². The van der Waals surface area contributed by atoms with Gasteiger partial charge in [-0.05, 0) is 35.3 Å². The van der Waals surface area contributed by atoms with Gasteiger partial charge in [0.15, 0.2) is 5.11 Å². The van der Waals surface area contributed by atoms with E-state index in [1.807, 2.05) is 30.3 Å². The molecule has 0 radical (unpaired) electrons. The van der Waals surface area contributed by atoms with Crippen LogP contribution in [0.2, 0.25) is 5.02 Å². The zero-order valence-corrected chi connectivity index (χ0v) is 15.0. The first-order chi connectivity index (χ1) is 10.8. The standard InChI is InChI=1S/C18H20ClN3S/c1-18(2,3)13-10-8-12(9-11-13)16(20)22-17(23)21-15-7-5-4-6-14(15)19/h4-11H,1-3H3,(H3,20,21,22,23). The van der Waals surface area contributed by atoms with Crippen LogP contribution in [0.25, 0.3) is 0 Å². The Hall–Kier alpha value is -1.91. The maximum absolute atomic E-state index is 6.08. The van der Waals surface area contributed by atoms with Crippen LogP contribution in [-0.4, -0.2) is 10.9 Å². The predicted octanol–water partition coefficient (Wildman–Crippen LogP) is 4.74. The van der Waals surface area contributed by atoms with Crippen molar-refractivity contribution >= 4 is 40.5 Å². The summed E-state index contributed by atoms with van der Waals surface area (Å²) < 4.78 is 0. The normalized spacial score (nSPS) is 12.1. The molecule has 0 unspecified atom stereocenters. The third-order valence-corrected chi connectivity index (χ3v) is 3.91. The van der Waals surface area contributed by atoms with Gasteiger partial charge in [-0.2, -0.15) is 0 Å². The van der Waals surface area contributed by atoms with Crippen LogP contribution in [0, 0.1) is 0 Å². The molecule has 0 atom stereocenters. The molecule has 0 aliphatic heterocycles. The summed E-state index contributed by atoms with van der Waals surface area (Å²) in [7, 11) is 0. The van der Waals surface area contributed by atoms with Gasteiger partial charge in [-0.3, -0.25) is 0 Å². The summed E-state index contributed by atoms with van der Waals surface area (Å²) >= 11 is 11.3. The Morgan fingerprint density at radius 3 is 2.26 bits per heavy atom. The number of aliphatic imine (C=N–C) groups is 1. The van der Waals surface area contributed by atoms with Crippen molar-refractivity contribution in [1.82, 2.24) is 0 Å². The van der Waals surface area contributed by atoms with E-state index in [4.69, 9.17) is 29.6 Å². The lowest BCUT2D eigenvalue weighted by Crippen LogP contribution is -2.19. The molecule has 120 valence electrons. The lowest BCUT2D eigenvalue weighted by molar-refractivity contribution is 0.590. The van der Waals surface area contributed by atoms with E-state index in [0.29, 0.717) is 16.5 Å². The van der Waals surface area contributed by atoms with Gasteiger partial charge in [-0.1, -0.05) is 68.8 Å². The summed E-state index contributed by atoms with van der Waals surface area (Å²) in [5.41, 5.74) is 8.92. The van der Waals surface area contributed by atoms with Gasteiger partial charge >= 0.3 is 0 Å². The lowest BCUT2D eigenvalue weighted by atomic mass is 9.87. The maximum atomic E-state index is 6.08. The summed E-state index contributed by atoms with van der Waals surface area (Å²) in [6, 6.07) is 15.4. The molecule has 0 aromatic heterocycles. The smallest absolute Gasteiger partial charge is 0.199 e. The fraction of sp³-hybridized carbons (Fsp3) is 0.222. The molecule has 2 aromatic rings. The summed E-state index contributed by atoms with van der Waals surface area (Å²) in [5.74, 6) is 0.370. The second kappa shape index (κ2) is 7.11. The number of amidine groups is 1. The number of nitrogens with two attached hydrogens (primary N) is 1. The largest absolute Gasteiger partial charge is 0.383 e. The Morgan fingerprint density at radius 2 is 1.70 bits per heavy atom. The van der Waals surface area contributed by atoms with Crippen LogP contribution in [-0.2, 0) is 5.41 Å². The molecule has 0 heterocycles. The molecule has 0 bridgehead atoms. The molecule has 0 aliphatic rings. The third-order valence-electron chi connectivity index (χ3n) is 3.38. The highest BCUT2D eigenvalue weighted by molar-refractivity contribution is 7.80. The minimum absolute atomic E-state index is 0.103. The van der Waals surface area contributed by atoms with E-state index in [2.05, 4.69) is 43.2 Å². The molecule has 3 N–H and O–H groups in total. The average Bonchev–Trinajstić information content (AvgIpc) is 2.49. The zero-order chi connectivity index (χ0) is 17.0. The van der Waals surface area contributed by atoms with Crippen LogP contribution in [0.4, 0.5) is 5.69 Å². The van der Waals surface area contributed by atoms with Gasteiger partial charge in [0.25, 0.3) is 0 Å². The highest BCUT2D eigenvalue weighted by Gasteiger charge is 2.13. The number of para-hydroxylation sites is 1. The molecule has 0 aliphatic carbocycles. The fourth-order valence-electron chi connectivity index (χ4n) is 2.02. The van der Waals surface area contributed by atoms with Gasteiger partial charge in [0.05, 0.1) is 10.7 Å². The van der Waals surface area contributed by atoms with Crippen LogP contribution in [0.5, 0.6) is 0 Å². The van der Waals surface area contributed by atoms with Crippen molar-refractivity contribution in [1.29, 1.82) is 0 Å². The van der Waals surface area contributed by atoms with E-state index in [1.54, 1.807) is 6.07 Å². The Morgan fingerprint density at radius 1 is 1.09 bits per heavy atom. The molecule has 2 rings (SSSR count). The minimum atomic E-state index is 0.103. The SMILES string of the molecule is CC(C)(C)c1ccc(/C(N)=N/C(=S)Nc2ccccc2Cl)cc1. The number of hydrogen-bond donors (Lipinski definition) is 2. The number of nitrogens with one attached hydrogen (secondary N) is 1. The van der Waals surface area contributed by atoms with E-state index in [1.165, 1.54) is 5.56 Å². The van der Waals surface area contributed by atoms with Gasteiger partial charge in [0.2, 0.25) is 0 Å². The number of benzene rings is 2. The highest BCUT2D eigenvalue weighted by Crippen LogP contribution is 2.22. The van der Waals surface area contributed by atoms with Gasteiger partial charge in [0.1, 0.15) is 5.84 Å². The monoisotopic (exact) mass is 345 g/mol. The molecule has 0 spiro atoms. The van der Waals surface area contributed by atoms with Crippen LogP contribution in [0.1, 0.15) is 31.9 Å². The van der Waals surface area contributed by atoms with Crippen molar-refractivity contribution in [3.63, 3.8) is 0 Å². The van der Waals surface area contributed by atoms with E-state index in [9.17, 15) is 0 Å². The molecule has 0 amide bonds. The van der Waals surface area contributed by atoms with Crippen LogP contribution in [0.15, 0.2) is 53.5 Å². The number of nitrogens with zero attached hydrogens (tertiary/aromatic N) is 1. The summed E-state index contributed by atoms with van der Waals surface area (Å²) in [6.45, 7) is 6.51. The van der Waals surface area contributed by atoms with E-state index in [0.717, 1.165) is 5.56 Å². The molecule has 0 saturated heterocycles. The quantitative estimate of drug-likeness (QED) is 0.469. The molecular formula is C18H20ClN3S. The number of rotatable bonds is 2. The van der Waals surface area contributed by atoms with Crippen LogP contribution < -0.4 is 11.1 Å². The second-order valence-electron chi connectivity index (χ2n) is 6.23. The summed E-state index contributed by atoms with van der Waals surface area (Å²) in [4.78, 5) is 4.23. The highest BCUT2D eigenvalue weighted by atomic mass is 35.5. The van der Waals surface area contributed by atoms with Crippen molar-refractivity contribution in [2.45, 2.75) is 26.2 Å². The Labute approximate surface area is 147 Å².